The molecule has 0 spiro atoms. The third-order valence-corrected chi connectivity index (χ3v) is 5.62. The minimum Gasteiger partial charge on any atom is -0.395 e. The van der Waals surface area contributed by atoms with Crippen LogP contribution in [0.2, 0.25) is 0 Å². The predicted molar refractivity (Wildman–Crippen MR) is 72.5 cm³/mol. The summed E-state index contributed by atoms with van der Waals surface area (Å²) >= 11 is 0. The molecule has 0 bridgehead atoms. The molecule has 1 aromatic carbocycles. The molecule has 0 aromatic heterocycles. The minimum atomic E-state index is -3.77. The van der Waals surface area contributed by atoms with Crippen molar-refractivity contribution in [2.24, 2.45) is 11.8 Å². The number of halogens is 1. The predicted octanol–water partition coefficient (Wildman–Crippen LogP) is 2.12. The molecule has 6 heteroatoms. The molecule has 0 amide bonds. The average Bonchev–Trinajstić information content (AvgIpc) is 2.64. The SMILES string of the molecule is CC1CCC(NS(=O)(=O)c2cccc(F)c2N)C1C. The van der Waals surface area contributed by atoms with E-state index in [1.807, 2.05) is 6.92 Å². The summed E-state index contributed by atoms with van der Waals surface area (Å²) in [6.45, 7) is 4.13. The Labute approximate surface area is 113 Å². The van der Waals surface area contributed by atoms with Gasteiger partial charge in [-0.1, -0.05) is 19.9 Å². The third kappa shape index (κ3) is 2.74. The number of nitrogens with two attached hydrogens (primary N) is 1. The maximum Gasteiger partial charge on any atom is 0.242 e. The number of hydrogen-bond acceptors (Lipinski definition) is 3. The topological polar surface area (TPSA) is 72.2 Å². The van der Waals surface area contributed by atoms with Crippen molar-refractivity contribution >= 4 is 15.7 Å². The summed E-state index contributed by atoms with van der Waals surface area (Å²) in [6, 6.07) is 3.71. The second kappa shape index (κ2) is 5.09. The van der Waals surface area contributed by atoms with Gasteiger partial charge in [0.2, 0.25) is 10.0 Å². The normalized spacial score (nSPS) is 27.6. The zero-order chi connectivity index (χ0) is 14.2. The average molecular weight is 286 g/mol. The van der Waals surface area contributed by atoms with E-state index >= 15 is 0 Å². The van der Waals surface area contributed by atoms with Gasteiger partial charge in [0.1, 0.15) is 10.7 Å². The lowest BCUT2D eigenvalue weighted by molar-refractivity contribution is 0.402. The summed E-state index contributed by atoms with van der Waals surface area (Å²) in [4.78, 5) is -0.181. The van der Waals surface area contributed by atoms with Crippen LogP contribution in [0.1, 0.15) is 26.7 Å². The number of nitrogens with one attached hydrogen (secondary N) is 1. The molecule has 0 aliphatic heterocycles. The zero-order valence-corrected chi connectivity index (χ0v) is 11.9. The van der Waals surface area contributed by atoms with Crippen LogP contribution in [0, 0.1) is 17.7 Å². The second-order valence-electron chi connectivity index (χ2n) is 5.29. The van der Waals surface area contributed by atoms with Crippen molar-refractivity contribution in [1.82, 2.24) is 4.72 Å². The van der Waals surface area contributed by atoms with Gasteiger partial charge in [0.05, 0.1) is 5.69 Å². The summed E-state index contributed by atoms with van der Waals surface area (Å²) in [6.07, 6.45) is 1.80. The van der Waals surface area contributed by atoms with Gasteiger partial charge < -0.3 is 5.73 Å². The number of para-hydroxylation sites is 1. The Morgan fingerprint density at radius 3 is 2.58 bits per heavy atom. The van der Waals surface area contributed by atoms with Crippen molar-refractivity contribution in [2.75, 3.05) is 5.73 Å². The minimum absolute atomic E-state index is 0.109. The first-order chi connectivity index (χ1) is 8.83. The van der Waals surface area contributed by atoms with Crippen LogP contribution in [0.15, 0.2) is 23.1 Å². The smallest absolute Gasteiger partial charge is 0.242 e. The van der Waals surface area contributed by atoms with Crippen molar-refractivity contribution in [3.63, 3.8) is 0 Å². The van der Waals surface area contributed by atoms with Crippen molar-refractivity contribution in [3.05, 3.63) is 24.0 Å². The Balaban J connectivity index is 2.26. The lowest BCUT2D eigenvalue weighted by Gasteiger charge is -2.20. The van der Waals surface area contributed by atoms with E-state index < -0.39 is 15.8 Å². The highest BCUT2D eigenvalue weighted by atomic mass is 32.2. The largest absolute Gasteiger partial charge is 0.395 e. The van der Waals surface area contributed by atoms with Crippen molar-refractivity contribution in [3.8, 4) is 0 Å². The van der Waals surface area contributed by atoms with Gasteiger partial charge in [-0.15, -0.1) is 0 Å². The first kappa shape index (κ1) is 14.3. The van der Waals surface area contributed by atoms with E-state index in [1.54, 1.807) is 0 Å². The van der Waals surface area contributed by atoms with Crippen molar-refractivity contribution in [2.45, 2.75) is 37.6 Å². The van der Waals surface area contributed by atoms with Crippen LogP contribution in [-0.4, -0.2) is 14.5 Å². The van der Waals surface area contributed by atoms with Crippen LogP contribution in [0.25, 0.3) is 0 Å². The number of anilines is 1. The maximum absolute atomic E-state index is 13.3. The summed E-state index contributed by atoms with van der Waals surface area (Å²) in [7, 11) is -3.77. The highest BCUT2D eigenvalue weighted by Gasteiger charge is 2.33. The van der Waals surface area contributed by atoms with Crippen LogP contribution in [0.4, 0.5) is 10.1 Å². The molecule has 1 aromatic rings. The molecule has 3 unspecified atom stereocenters. The van der Waals surface area contributed by atoms with E-state index in [9.17, 15) is 12.8 Å². The molecule has 0 radical (unpaired) electrons. The van der Waals surface area contributed by atoms with Crippen LogP contribution < -0.4 is 10.5 Å². The molecule has 19 heavy (non-hydrogen) atoms. The molecule has 1 aliphatic carbocycles. The van der Waals surface area contributed by atoms with Crippen molar-refractivity contribution < 1.29 is 12.8 Å². The van der Waals surface area contributed by atoms with Gasteiger partial charge in [0.15, 0.2) is 0 Å². The highest BCUT2D eigenvalue weighted by Crippen LogP contribution is 2.32. The third-order valence-electron chi connectivity index (χ3n) is 4.07. The van der Waals surface area contributed by atoms with Crippen LogP contribution >= 0.6 is 0 Å². The van der Waals surface area contributed by atoms with E-state index in [2.05, 4.69) is 11.6 Å². The van der Waals surface area contributed by atoms with Gasteiger partial charge in [0, 0.05) is 6.04 Å². The maximum atomic E-state index is 13.3. The molecule has 1 fully saturated rings. The summed E-state index contributed by atoms with van der Waals surface area (Å²) in [5, 5.41) is 0. The van der Waals surface area contributed by atoms with E-state index in [1.165, 1.54) is 12.1 Å². The fourth-order valence-corrected chi connectivity index (χ4v) is 4.05. The van der Waals surface area contributed by atoms with Crippen molar-refractivity contribution in [1.29, 1.82) is 0 Å². The number of sulfonamides is 1. The standard InChI is InChI=1S/C13H19FN2O2S/c1-8-6-7-11(9(8)2)16-19(17,18)12-5-3-4-10(14)13(12)15/h3-5,8-9,11,16H,6-7,15H2,1-2H3. The quantitative estimate of drug-likeness (QED) is 0.836. The molecule has 1 saturated carbocycles. The van der Waals surface area contributed by atoms with Gasteiger partial charge in [0.25, 0.3) is 0 Å². The Kier molecular flexibility index (Phi) is 3.82. The molecule has 3 atom stereocenters. The monoisotopic (exact) mass is 286 g/mol. The molecular weight excluding hydrogens is 267 g/mol. The Hall–Kier alpha value is -1.14. The lowest BCUT2D eigenvalue weighted by Crippen LogP contribution is -2.37. The van der Waals surface area contributed by atoms with Gasteiger partial charge in [-0.3, -0.25) is 0 Å². The van der Waals surface area contributed by atoms with Gasteiger partial charge in [-0.25, -0.2) is 17.5 Å². The Bertz CT molecular complexity index is 574. The highest BCUT2D eigenvalue weighted by molar-refractivity contribution is 7.89. The Morgan fingerprint density at radius 1 is 1.32 bits per heavy atom. The van der Waals surface area contributed by atoms with E-state index in [0.717, 1.165) is 18.9 Å². The van der Waals surface area contributed by atoms with Crippen LogP contribution in [0.3, 0.4) is 0 Å². The van der Waals surface area contributed by atoms with Gasteiger partial charge in [-0.2, -0.15) is 0 Å². The van der Waals surface area contributed by atoms with E-state index in [-0.39, 0.29) is 22.5 Å². The fourth-order valence-electron chi connectivity index (χ4n) is 2.55. The molecule has 0 saturated heterocycles. The first-order valence-corrected chi connectivity index (χ1v) is 7.87. The summed E-state index contributed by atoms with van der Waals surface area (Å²) in [5.41, 5.74) is 5.19. The fraction of sp³-hybridized carbons (Fsp3) is 0.538. The number of hydrogen-bond donors (Lipinski definition) is 2. The number of rotatable bonds is 3. The molecule has 1 aliphatic rings. The summed E-state index contributed by atoms with van der Waals surface area (Å²) < 4.78 is 40.5. The summed E-state index contributed by atoms with van der Waals surface area (Å²) in [5.74, 6) is 0.0397. The molecule has 106 valence electrons. The molecule has 0 heterocycles. The zero-order valence-electron chi connectivity index (χ0n) is 11.1. The Morgan fingerprint density at radius 2 is 2.00 bits per heavy atom. The molecular formula is C13H19FN2O2S. The number of nitrogen functional groups attached to an aromatic ring is 1. The van der Waals surface area contributed by atoms with Crippen LogP contribution in [-0.2, 0) is 10.0 Å². The second-order valence-corrected chi connectivity index (χ2v) is 6.98. The number of benzene rings is 1. The first-order valence-electron chi connectivity index (χ1n) is 6.39. The lowest BCUT2D eigenvalue weighted by atomic mass is 9.98. The molecule has 4 nitrogen and oxygen atoms in total. The van der Waals surface area contributed by atoms with Gasteiger partial charge >= 0.3 is 0 Å². The van der Waals surface area contributed by atoms with Gasteiger partial charge in [-0.05, 0) is 36.8 Å². The van der Waals surface area contributed by atoms with Crippen LogP contribution in [0.5, 0.6) is 0 Å². The van der Waals surface area contributed by atoms with E-state index in [4.69, 9.17) is 5.73 Å². The molecule has 2 rings (SSSR count). The molecule has 3 N–H and O–H groups in total. The van der Waals surface area contributed by atoms with E-state index in [0.29, 0.717) is 5.92 Å².